The molecule has 112 valence electrons. The number of hydrogen-bond donors (Lipinski definition) is 3. The number of aryl methyl sites for hydroxylation is 1. The van der Waals surface area contributed by atoms with Crippen molar-refractivity contribution >= 4 is 16.8 Å². The number of nitrogens with one attached hydrogen (secondary N) is 2. The fourth-order valence-electron chi connectivity index (χ4n) is 2.45. The van der Waals surface area contributed by atoms with Gasteiger partial charge in [0.1, 0.15) is 5.56 Å². The summed E-state index contributed by atoms with van der Waals surface area (Å²) in [5.41, 5.74) is 1.19. The number of rotatable bonds is 5. The van der Waals surface area contributed by atoms with Crippen LogP contribution in [0.4, 0.5) is 0 Å². The lowest BCUT2D eigenvalue weighted by Crippen LogP contribution is -2.36. The second-order valence-corrected chi connectivity index (χ2v) is 5.24. The van der Waals surface area contributed by atoms with Crippen LogP contribution in [0.5, 0.6) is 0 Å². The molecular formula is C16H20N2O3. The fourth-order valence-corrected chi connectivity index (χ4v) is 2.45. The number of aromatic amines is 1. The van der Waals surface area contributed by atoms with E-state index in [1.807, 2.05) is 31.2 Å². The maximum absolute atomic E-state index is 12.3. The van der Waals surface area contributed by atoms with E-state index in [2.05, 4.69) is 10.3 Å². The molecule has 1 aromatic heterocycles. The molecule has 0 fully saturated rings. The number of H-pyrrole nitrogens is 1. The number of hydrogen-bond acceptors (Lipinski definition) is 3. The Hall–Kier alpha value is -2.14. The van der Waals surface area contributed by atoms with Gasteiger partial charge in [0.2, 0.25) is 0 Å². The van der Waals surface area contributed by atoms with Crippen LogP contribution in [0.1, 0.15) is 35.7 Å². The average molecular weight is 288 g/mol. The zero-order valence-electron chi connectivity index (χ0n) is 12.3. The third-order valence-corrected chi connectivity index (χ3v) is 3.58. The molecular weight excluding hydrogens is 268 g/mol. The minimum atomic E-state index is -0.377. The van der Waals surface area contributed by atoms with Crippen LogP contribution >= 0.6 is 0 Å². The van der Waals surface area contributed by atoms with E-state index in [1.54, 1.807) is 6.92 Å². The van der Waals surface area contributed by atoms with Gasteiger partial charge >= 0.3 is 0 Å². The summed E-state index contributed by atoms with van der Waals surface area (Å²) in [6.07, 6.45) is 1.29. The van der Waals surface area contributed by atoms with Crippen molar-refractivity contribution in [2.24, 2.45) is 0 Å². The number of carbonyl (C=O) groups excluding carboxylic acids is 1. The predicted molar refractivity (Wildman–Crippen MR) is 82.6 cm³/mol. The highest BCUT2D eigenvalue weighted by atomic mass is 16.3. The summed E-state index contributed by atoms with van der Waals surface area (Å²) in [5, 5.41) is 12.5. The smallest absolute Gasteiger partial charge is 0.261 e. The predicted octanol–water partition coefficient (Wildman–Crippen LogP) is 1.73. The Morgan fingerprint density at radius 1 is 1.38 bits per heavy atom. The van der Waals surface area contributed by atoms with E-state index < -0.39 is 0 Å². The highest BCUT2D eigenvalue weighted by Crippen LogP contribution is 2.17. The third kappa shape index (κ3) is 3.31. The van der Waals surface area contributed by atoms with E-state index in [4.69, 9.17) is 5.11 Å². The molecule has 5 heteroatoms. The second-order valence-electron chi connectivity index (χ2n) is 5.24. The Kier molecular flexibility index (Phi) is 4.75. The number of para-hydroxylation sites is 1. The number of benzene rings is 1. The van der Waals surface area contributed by atoms with Crippen LogP contribution in [0, 0.1) is 6.92 Å². The number of aliphatic hydroxyl groups is 1. The Balaban J connectivity index is 2.33. The molecule has 5 nitrogen and oxygen atoms in total. The molecule has 0 aliphatic carbocycles. The monoisotopic (exact) mass is 288 g/mol. The van der Waals surface area contributed by atoms with Crippen molar-refractivity contribution in [1.29, 1.82) is 0 Å². The Bertz CT molecular complexity index is 706. The van der Waals surface area contributed by atoms with Crippen molar-refractivity contribution < 1.29 is 9.90 Å². The van der Waals surface area contributed by atoms with Crippen LogP contribution in [0.2, 0.25) is 0 Å². The van der Waals surface area contributed by atoms with Gasteiger partial charge in [-0.15, -0.1) is 0 Å². The zero-order valence-corrected chi connectivity index (χ0v) is 12.3. The van der Waals surface area contributed by atoms with Gasteiger partial charge < -0.3 is 15.4 Å². The molecule has 0 radical (unpaired) electrons. The molecule has 1 amide bonds. The van der Waals surface area contributed by atoms with Gasteiger partial charge in [-0.25, -0.2) is 0 Å². The number of aliphatic hydroxyl groups excluding tert-OH is 1. The molecule has 1 atom stereocenters. The van der Waals surface area contributed by atoms with Gasteiger partial charge in [-0.2, -0.15) is 0 Å². The molecule has 0 saturated heterocycles. The van der Waals surface area contributed by atoms with E-state index in [1.165, 1.54) is 0 Å². The lowest BCUT2D eigenvalue weighted by Gasteiger charge is -2.14. The second kappa shape index (κ2) is 6.54. The van der Waals surface area contributed by atoms with Gasteiger partial charge in [-0.05, 0) is 38.3 Å². The first-order valence-electron chi connectivity index (χ1n) is 7.08. The first kappa shape index (κ1) is 15.3. The Morgan fingerprint density at radius 2 is 2.10 bits per heavy atom. The summed E-state index contributed by atoms with van der Waals surface area (Å²) in [4.78, 5) is 27.2. The van der Waals surface area contributed by atoms with Crippen LogP contribution in [0.3, 0.4) is 0 Å². The van der Waals surface area contributed by atoms with Crippen LogP contribution in [0.15, 0.2) is 29.1 Å². The van der Waals surface area contributed by atoms with Gasteiger partial charge in [-0.1, -0.05) is 18.2 Å². The Labute approximate surface area is 123 Å². The van der Waals surface area contributed by atoms with E-state index >= 15 is 0 Å². The summed E-state index contributed by atoms with van der Waals surface area (Å²) < 4.78 is 0. The van der Waals surface area contributed by atoms with Crippen molar-refractivity contribution in [2.45, 2.75) is 32.7 Å². The molecule has 0 bridgehead atoms. The van der Waals surface area contributed by atoms with E-state index in [0.29, 0.717) is 18.4 Å². The van der Waals surface area contributed by atoms with Gasteiger partial charge in [-0.3, -0.25) is 9.59 Å². The highest BCUT2D eigenvalue weighted by molar-refractivity contribution is 5.99. The van der Waals surface area contributed by atoms with Crippen LogP contribution in [0.25, 0.3) is 10.9 Å². The minimum Gasteiger partial charge on any atom is -0.396 e. The average Bonchev–Trinajstić information content (AvgIpc) is 2.45. The lowest BCUT2D eigenvalue weighted by atomic mass is 10.0. The molecule has 1 heterocycles. The number of aromatic nitrogens is 1. The first-order chi connectivity index (χ1) is 10.0. The van der Waals surface area contributed by atoms with Gasteiger partial charge in [0.15, 0.2) is 0 Å². The minimum absolute atomic E-state index is 0.0880. The van der Waals surface area contributed by atoms with E-state index in [0.717, 1.165) is 10.9 Å². The lowest BCUT2D eigenvalue weighted by molar-refractivity contribution is 0.0934. The van der Waals surface area contributed by atoms with Gasteiger partial charge in [0, 0.05) is 23.6 Å². The standard InChI is InChI=1S/C16H20N2O3/c1-10(6-5-9-19)17-15(20)14-11(2)12-7-3-4-8-13(12)18-16(14)21/h3-4,7-8,10,19H,5-6,9H2,1-2H3,(H,17,20)(H,18,21). The molecule has 1 unspecified atom stereocenters. The summed E-state index contributed by atoms with van der Waals surface area (Å²) in [6, 6.07) is 7.32. The molecule has 0 saturated carbocycles. The van der Waals surface area contributed by atoms with Crippen molar-refractivity contribution in [3.63, 3.8) is 0 Å². The number of carbonyl (C=O) groups is 1. The topological polar surface area (TPSA) is 82.2 Å². The molecule has 2 aromatic rings. The molecule has 3 N–H and O–H groups in total. The van der Waals surface area contributed by atoms with E-state index in [-0.39, 0.29) is 29.7 Å². The summed E-state index contributed by atoms with van der Waals surface area (Å²) in [6.45, 7) is 3.73. The SMILES string of the molecule is Cc1c(C(=O)NC(C)CCCO)c(=O)[nH]c2ccccc12. The summed E-state index contributed by atoms with van der Waals surface area (Å²) in [5.74, 6) is -0.370. The van der Waals surface area contributed by atoms with Crippen LogP contribution < -0.4 is 10.9 Å². The van der Waals surface area contributed by atoms with Crippen molar-refractivity contribution in [3.05, 3.63) is 45.7 Å². The first-order valence-corrected chi connectivity index (χ1v) is 7.08. The number of amides is 1. The number of pyridine rings is 1. The van der Waals surface area contributed by atoms with Crippen molar-refractivity contribution in [2.75, 3.05) is 6.61 Å². The van der Waals surface area contributed by atoms with E-state index in [9.17, 15) is 9.59 Å². The normalized spacial score (nSPS) is 12.3. The van der Waals surface area contributed by atoms with Crippen molar-refractivity contribution in [3.8, 4) is 0 Å². The van der Waals surface area contributed by atoms with Crippen LogP contribution in [-0.4, -0.2) is 28.6 Å². The van der Waals surface area contributed by atoms with Gasteiger partial charge in [0.25, 0.3) is 11.5 Å². The maximum atomic E-state index is 12.3. The molecule has 0 spiro atoms. The molecule has 2 rings (SSSR count). The van der Waals surface area contributed by atoms with Crippen LogP contribution in [-0.2, 0) is 0 Å². The summed E-state index contributed by atoms with van der Waals surface area (Å²) >= 11 is 0. The molecule has 0 aliphatic rings. The largest absolute Gasteiger partial charge is 0.396 e. The fraction of sp³-hybridized carbons (Fsp3) is 0.375. The molecule has 1 aromatic carbocycles. The third-order valence-electron chi connectivity index (χ3n) is 3.58. The highest BCUT2D eigenvalue weighted by Gasteiger charge is 2.17. The zero-order chi connectivity index (χ0) is 15.4. The molecule has 0 aliphatic heterocycles. The van der Waals surface area contributed by atoms with Gasteiger partial charge in [0.05, 0.1) is 0 Å². The number of fused-ring (bicyclic) bond motifs is 1. The molecule has 21 heavy (non-hydrogen) atoms. The van der Waals surface area contributed by atoms with Crippen molar-refractivity contribution in [1.82, 2.24) is 10.3 Å². The quantitative estimate of drug-likeness (QED) is 0.783. The summed E-state index contributed by atoms with van der Waals surface area (Å²) in [7, 11) is 0. The maximum Gasteiger partial charge on any atom is 0.261 e. The Morgan fingerprint density at radius 3 is 2.81 bits per heavy atom.